The molecular weight excluding hydrogens is 240 g/mol. The maximum atomic E-state index is 6.42. The molecule has 0 bridgehead atoms. The Kier molecular flexibility index (Phi) is 6.49. The highest BCUT2D eigenvalue weighted by Crippen LogP contribution is 2.33. The summed E-state index contributed by atoms with van der Waals surface area (Å²) in [5, 5.41) is 0.932. The minimum atomic E-state index is 0.560. The molecule has 1 rings (SSSR count). The molecule has 0 nitrogen and oxygen atoms in total. The van der Waals surface area contributed by atoms with E-state index in [1.54, 1.807) is 0 Å². The Morgan fingerprint density at radius 1 is 1.11 bits per heavy atom. The summed E-state index contributed by atoms with van der Waals surface area (Å²) in [7, 11) is 0. The highest BCUT2D eigenvalue weighted by Gasteiger charge is 2.14. The number of benzene rings is 1. The van der Waals surface area contributed by atoms with E-state index in [0.29, 0.717) is 5.92 Å². The van der Waals surface area contributed by atoms with Gasteiger partial charge in [-0.1, -0.05) is 50.1 Å². The van der Waals surface area contributed by atoms with Crippen LogP contribution in [0.5, 0.6) is 0 Å². The molecule has 0 spiro atoms. The maximum Gasteiger partial charge on any atom is 0.0443 e. The molecule has 0 amide bonds. The predicted molar refractivity (Wildman–Crippen MR) is 82.6 cm³/mol. The van der Waals surface area contributed by atoms with Crippen LogP contribution in [0.2, 0.25) is 5.02 Å². The molecule has 0 aliphatic heterocycles. The molecule has 1 unspecified atom stereocenters. The summed E-state index contributed by atoms with van der Waals surface area (Å²) in [6.45, 7) is 8.71. The maximum absolute atomic E-state index is 6.42. The van der Waals surface area contributed by atoms with Gasteiger partial charge in [0, 0.05) is 5.02 Å². The average molecular weight is 265 g/mol. The van der Waals surface area contributed by atoms with Gasteiger partial charge in [0.25, 0.3) is 0 Å². The van der Waals surface area contributed by atoms with Crippen molar-refractivity contribution in [3.05, 3.63) is 46.0 Å². The van der Waals surface area contributed by atoms with Crippen LogP contribution in [0.4, 0.5) is 0 Å². The van der Waals surface area contributed by atoms with E-state index in [1.165, 1.54) is 29.5 Å². The van der Waals surface area contributed by atoms with Crippen LogP contribution in [0.3, 0.4) is 0 Å². The molecule has 1 aromatic carbocycles. The summed E-state index contributed by atoms with van der Waals surface area (Å²) >= 11 is 6.42. The number of allylic oxidation sites excluding steroid dienone is 2. The minimum absolute atomic E-state index is 0.560. The lowest BCUT2D eigenvalue weighted by molar-refractivity contribution is 0.620. The second-order valence-corrected chi connectivity index (χ2v) is 5.47. The molecule has 0 aliphatic carbocycles. The summed E-state index contributed by atoms with van der Waals surface area (Å²) in [5.41, 5.74) is 3.94. The van der Waals surface area contributed by atoms with E-state index in [4.69, 9.17) is 11.6 Å². The molecule has 0 N–H and O–H groups in total. The van der Waals surface area contributed by atoms with Gasteiger partial charge < -0.3 is 0 Å². The Morgan fingerprint density at radius 3 is 2.39 bits per heavy atom. The van der Waals surface area contributed by atoms with Crippen molar-refractivity contribution in [3.63, 3.8) is 0 Å². The van der Waals surface area contributed by atoms with E-state index in [1.807, 2.05) is 0 Å². The van der Waals surface area contributed by atoms with Gasteiger partial charge in [-0.3, -0.25) is 0 Å². The van der Waals surface area contributed by atoms with E-state index in [-0.39, 0.29) is 0 Å². The summed E-state index contributed by atoms with van der Waals surface area (Å²) in [6, 6.07) is 4.39. The fourth-order valence-corrected chi connectivity index (χ4v) is 2.66. The fourth-order valence-electron chi connectivity index (χ4n) is 2.29. The molecule has 0 saturated heterocycles. The fraction of sp³-hybridized carbons (Fsp3) is 0.529. The first kappa shape index (κ1) is 15.3. The second kappa shape index (κ2) is 7.63. The van der Waals surface area contributed by atoms with Gasteiger partial charge in [-0.25, -0.2) is 0 Å². The topological polar surface area (TPSA) is 0 Å². The third-order valence-electron chi connectivity index (χ3n) is 3.51. The molecule has 0 aliphatic rings. The summed E-state index contributed by atoms with van der Waals surface area (Å²) in [4.78, 5) is 0. The van der Waals surface area contributed by atoms with Crippen LogP contribution in [0.1, 0.15) is 62.1 Å². The van der Waals surface area contributed by atoms with Crippen LogP contribution in [0.25, 0.3) is 0 Å². The van der Waals surface area contributed by atoms with E-state index < -0.39 is 0 Å². The first-order chi connectivity index (χ1) is 8.60. The molecule has 0 aromatic heterocycles. The van der Waals surface area contributed by atoms with E-state index >= 15 is 0 Å². The smallest absolute Gasteiger partial charge is 0.0443 e. The molecule has 0 radical (unpaired) electrons. The molecule has 18 heavy (non-hydrogen) atoms. The van der Waals surface area contributed by atoms with Gasteiger partial charge in [-0.2, -0.15) is 0 Å². The van der Waals surface area contributed by atoms with Crippen molar-refractivity contribution in [1.82, 2.24) is 0 Å². The first-order valence-corrected chi connectivity index (χ1v) is 7.39. The van der Waals surface area contributed by atoms with Gasteiger partial charge in [0.15, 0.2) is 0 Å². The standard InChI is InChI=1S/C17H25Cl/c1-5-7-8-10-15(9-6-2)16-11-13(3)14(4)12-17(16)18/h7-8,11-12,15H,5-6,9-10H2,1-4H3/b8-7-. The van der Waals surface area contributed by atoms with Crippen LogP contribution in [0.15, 0.2) is 24.3 Å². The predicted octanol–water partition coefficient (Wildman–Crippen LogP) is 6.20. The zero-order chi connectivity index (χ0) is 13.5. The molecular formula is C17H25Cl. The van der Waals surface area contributed by atoms with Gasteiger partial charge in [-0.15, -0.1) is 0 Å². The monoisotopic (exact) mass is 264 g/mol. The van der Waals surface area contributed by atoms with Crippen LogP contribution in [-0.4, -0.2) is 0 Å². The van der Waals surface area contributed by atoms with Crippen molar-refractivity contribution >= 4 is 11.6 Å². The largest absolute Gasteiger partial charge is 0.0888 e. The van der Waals surface area contributed by atoms with Crippen molar-refractivity contribution < 1.29 is 0 Å². The molecule has 1 aromatic rings. The number of rotatable bonds is 6. The Bertz CT molecular complexity index is 404. The Hall–Kier alpha value is -0.750. The summed E-state index contributed by atoms with van der Waals surface area (Å²) in [6.07, 6.45) is 9.16. The van der Waals surface area contributed by atoms with Gasteiger partial charge in [0.1, 0.15) is 0 Å². The van der Waals surface area contributed by atoms with Crippen molar-refractivity contribution in [1.29, 1.82) is 0 Å². The third kappa shape index (κ3) is 4.17. The van der Waals surface area contributed by atoms with Crippen LogP contribution >= 0.6 is 11.6 Å². The quantitative estimate of drug-likeness (QED) is 0.537. The van der Waals surface area contributed by atoms with Crippen LogP contribution in [-0.2, 0) is 0 Å². The highest BCUT2D eigenvalue weighted by molar-refractivity contribution is 6.31. The van der Waals surface area contributed by atoms with Crippen LogP contribution < -0.4 is 0 Å². The molecule has 1 heteroatoms. The molecule has 0 saturated carbocycles. The van der Waals surface area contributed by atoms with Gasteiger partial charge in [0.05, 0.1) is 0 Å². The molecule has 1 atom stereocenters. The van der Waals surface area contributed by atoms with E-state index in [0.717, 1.165) is 17.9 Å². The minimum Gasteiger partial charge on any atom is -0.0888 e. The van der Waals surface area contributed by atoms with E-state index in [2.05, 4.69) is 52.0 Å². The molecule has 100 valence electrons. The molecule has 0 fully saturated rings. The van der Waals surface area contributed by atoms with Crippen molar-refractivity contribution in [2.45, 2.75) is 59.3 Å². The second-order valence-electron chi connectivity index (χ2n) is 5.06. The Morgan fingerprint density at radius 2 is 1.78 bits per heavy atom. The zero-order valence-electron chi connectivity index (χ0n) is 12.1. The third-order valence-corrected chi connectivity index (χ3v) is 3.84. The van der Waals surface area contributed by atoms with Gasteiger partial charge in [-0.05, 0) is 61.8 Å². The summed E-state index contributed by atoms with van der Waals surface area (Å²) < 4.78 is 0. The Labute approximate surface area is 117 Å². The van der Waals surface area contributed by atoms with Gasteiger partial charge >= 0.3 is 0 Å². The normalized spacial score (nSPS) is 13.2. The molecule has 0 heterocycles. The van der Waals surface area contributed by atoms with Crippen molar-refractivity contribution in [2.75, 3.05) is 0 Å². The first-order valence-electron chi connectivity index (χ1n) is 7.01. The van der Waals surface area contributed by atoms with E-state index in [9.17, 15) is 0 Å². The average Bonchev–Trinajstić information content (AvgIpc) is 2.33. The highest BCUT2D eigenvalue weighted by atomic mass is 35.5. The number of halogens is 1. The SMILES string of the molecule is CC/C=C\CC(CCC)c1cc(C)c(C)cc1Cl. The van der Waals surface area contributed by atoms with Crippen molar-refractivity contribution in [3.8, 4) is 0 Å². The Balaban J connectivity index is 2.97. The number of hydrogen-bond donors (Lipinski definition) is 0. The number of aryl methyl sites for hydroxylation is 2. The van der Waals surface area contributed by atoms with Crippen LogP contribution in [0, 0.1) is 13.8 Å². The lowest BCUT2D eigenvalue weighted by atomic mass is 9.89. The van der Waals surface area contributed by atoms with Gasteiger partial charge in [0.2, 0.25) is 0 Å². The van der Waals surface area contributed by atoms with Crippen molar-refractivity contribution in [2.24, 2.45) is 0 Å². The lowest BCUT2D eigenvalue weighted by Crippen LogP contribution is -2.00. The zero-order valence-corrected chi connectivity index (χ0v) is 12.8. The number of hydrogen-bond acceptors (Lipinski definition) is 0. The lowest BCUT2D eigenvalue weighted by Gasteiger charge is -2.18. The summed E-state index contributed by atoms with van der Waals surface area (Å²) in [5.74, 6) is 0.560.